The number of benzene rings is 1. The van der Waals surface area contributed by atoms with E-state index >= 15 is 0 Å². The molecule has 0 saturated heterocycles. The summed E-state index contributed by atoms with van der Waals surface area (Å²) in [5.74, 6) is -0.411. The number of hydrogen-bond donors (Lipinski definition) is 2. The summed E-state index contributed by atoms with van der Waals surface area (Å²) in [4.78, 5) is 15.9. The van der Waals surface area contributed by atoms with Gasteiger partial charge in [-0.05, 0) is 24.3 Å². The van der Waals surface area contributed by atoms with Crippen molar-refractivity contribution in [1.82, 2.24) is 10.3 Å². The Bertz CT molecular complexity index is 713. The largest absolute Gasteiger partial charge is 0.494 e. The van der Waals surface area contributed by atoms with E-state index in [2.05, 4.69) is 15.6 Å². The van der Waals surface area contributed by atoms with Crippen LogP contribution in [0.3, 0.4) is 0 Å². The van der Waals surface area contributed by atoms with Gasteiger partial charge in [0.05, 0.1) is 17.2 Å². The second kappa shape index (κ2) is 7.99. The number of methoxy groups -OCH3 is 1. The van der Waals surface area contributed by atoms with Crippen LogP contribution in [-0.2, 0) is 0 Å². The predicted octanol–water partition coefficient (Wildman–Crippen LogP) is 3.38. The van der Waals surface area contributed by atoms with E-state index in [1.807, 2.05) is 0 Å². The van der Waals surface area contributed by atoms with Crippen molar-refractivity contribution in [2.45, 2.75) is 0 Å². The van der Waals surface area contributed by atoms with Gasteiger partial charge in [-0.3, -0.25) is 4.79 Å². The first-order chi connectivity index (χ1) is 11.0. The zero-order valence-electron chi connectivity index (χ0n) is 12.2. The van der Waals surface area contributed by atoms with Gasteiger partial charge in [0.1, 0.15) is 5.82 Å². The molecule has 2 N–H and O–H groups in total. The number of nitrogens with one attached hydrogen (secondary N) is 2. The summed E-state index contributed by atoms with van der Waals surface area (Å²) in [5.41, 5.74) is 0.214. The number of halogens is 3. The van der Waals surface area contributed by atoms with Crippen molar-refractivity contribution in [2.24, 2.45) is 0 Å². The van der Waals surface area contributed by atoms with Gasteiger partial charge in [-0.15, -0.1) is 0 Å². The molecule has 0 bridgehead atoms. The van der Waals surface area contributed by atoms with E-state index in [1.165, 1.54) is 25.4 Å². The van der Waals surface area contributed by atoms with Gasteiger partial charge in [-0.25, -0.2) is 9.37 Å². The van der Waals surface area contributed by atoms with Crippen molar-refractivity contribution in [3.8, 4) is 5.75 Å². The van der Waals surface area contributed by atoms with Gasteiger partial charge in [-0.2, -0.15) is 0 Å². The highest BCUT2D eigenvalue weighted by atomic mass is 35.5. The molecule has 5 nitrogen and oxygen atoms in total. The molecule has 1 amide bonds. The maximum Gasteiger partial charge on any atom is 0.251 e. The minimum Gasteiger partial charge on any atom is -0.494 e. The number of anilines is 1. The molecule has 0 aliphatic rings. The van der Waals surface area contributed by atoms with Gasteiger partial charge in [-0.1, -0.05) is 23.2 Å². The third-order valence-electron chi connectivity index (χ3n) is 2.92. The van der Waals surface area contributed by atoms with Crippen LogP contribution >= 0.6 is 23.2 Å². The lowest BCUT2D eigenvalue weighted by atomic mass is 10.2. The summed E-state index contributed by atoms with van der Waals surface area (Å²) in [7, 11) is 1.36. The lowest BCUT2D eigenvalue weighted by molar-refractivity contribution is 0.0954. The van der Waals surface area contributed by atoms with Gasteiger partial charge in [0.2, 0.25) is 0 Å². The Morgan fingerprint density at radius 1 is 1.30 bits per heavy atom. The highest BCUT2D eigenvalue weighted by molar-refractivity contribution is 6.35. The molecule has 8 heteroatoms. The number of nitrogens with zero attached hydrogens (tertiary/aromatic N) is 1. The second-order valence-electron chi connectivity index (χ2n) is 4.52. The average Bonchev–Trinajstić information content (AvgIpc) is 2.52. The number of ether oxygens (including phenoxy) is 1. The summed E-state index contributed by atoms with van der Waals surface area (Å²) >= 11 is 11.7. The van der Waals surface area contributed by atoms with Crippen LogP contribution in [0.4, 0.5) is 10.2 Å². The number of pyridine rings is 1. The first-order valence-electron chi connectivity index (χ1n) is 6.68. The molecule has 122 valence electrons. The minimum atomic E-state index is -0.588. The maximum atomic E-state index is 13.5. The van der Waals surface area contributed by atoms with Crippen molar-refractivity contribution in [1.29, 1.82) is 0 Å². The van der Waals surface area contributed by atoms with Crippen LogP contribution in [0.1, 0.15) is 10.4 Å². The van der Waals surface area contributed by atoms with Gasteiger partial charge >= 0.3 is 0 Å². The lowest BCUT2D eigenvalue weighted by Crippen LogP contribution is -2.29. The number of rotatable bonds is 6. The molecular formula is C15H14Cl2FN3O2. The highest BCUT2D eigenvalue weighted by Crippen LogP contribution is 2.22. The summed E-state index contributed by atoms with van der Waals surface area (Å²) < 4.78 is 18.3. The van der Waals surface area contributed by atoms with E-state index in [1.54, 1.807) is 6.07 Å². The normalized spacial score (nSPS) is 10.3. The van der Waals surface area contributed by atoms with Crippen LogP contribution in [-0.4, -0.2) is 31.1 Å². The quantitative estimate of drug-likeness (QED) is 0.778. The van der Waals surface area contributed by atoms with Crippen molar-refractivity contribution in [3.63, 3.8) is 0 Å². The van der Waals surface area contributed by atoms with Crippen LogP contribution in [0.25, 0.3) is 0 Å². The molecule has 0 atom stereocenters. The van der Waals surface area contributed by atoms with Gasteiger partial charge in [0.15, 0.2) is 11.6 Å². The Balaban J connectivity index is 1.84. The molecule has 2 rings (SSSR count). The van der Waals surface area contributed by atoms with Crippen molar-refractivity contribution in [2.75, 3.05) is 25.5 Å². The van der Waals surface area contributed by atoms with Crippen LogP contribution in [0, 0.1) is 5.82 Å². The molecule has 0 fully saturated rings. The van der Waals surface area contributed by atoms with E-state index in [-0.39, 0.29) is 17.2 Å². The molecule has 1 aromatic heterocycles. The average molecular weight is 358 g/mol. The Hall–Kier alpha value is -2.05. The lowest BCUT2D eigenvalue weighted by Gasteiger charge is -2.09. The Morgan fingerprint density at radius 3 is 2.74 bits per heavy atom. The topological polar surface area (TPSA) is 63.2 Å². The number of amides is 1. The second-order valence-corrected chi connectivity index (χ2v) is 5.36. The van der Waals surface area contributed by atoms with E-state index < -0.39 is 5.82 Å². The molecule has 2 aromatic rings. The highest BCUT2D eigenvalue weighted by Gasteiger charge is 2.09. The maximum absolute atomic E-state index is 13.5. The summed E-state index contributed by atoms with van der Waals surface area (Å²) in [6, 6.07) is 5.58. The fraction of sp³-hybridized carbons (Fsp3) is 0.200. The van der Waals surface area contributed by atoms with E-state index in [9.17, 15) is 9.18 Å². The van der Waals surface area contributed by atoms with Crippen molar-refractivity contribution in [3.05, 3.63) is 51.9 Å². The smallest absolute Gasteiger partial charge is 0.251 e. The zero-order chi connectivity index (χ0) is 16.8. The van der Waals surface area contributed by atoms with E-state index in [0.29, 0.717) is 29.0 Å². The predicted molar refractivity (Wildman–Crippen MR) is 88.0 cm³/mol. The van der Waals surface area contributed by atoms with Gasteiger partial charge in [0, 0.05) is 24.8 Å². The van der Waals surface area contributed by atoms with Crippen LogP contribution in [0.15, 0.2) is 30.5 Å². The zero-order valence-corrected chi connectivity index (χ0v) is 13.7. The molecule has 0 radical (unpaired) electrons. The first kappa shape index (κ1) is 17.3. The number of aromatic nitrogens is 1. The fourth-order valence-corrected chi connectivity index (χ4v) is 2.26. The SMILES string of the molecule is COc1ccc(C(=O)NCCNc2ncc(Cl)cc2Cl)cc1F. The third kappa shape index (κ3) is 4.71. The molecular weight excluding hydrogens is 344 g/mol. The number of carbonyl (C=O) groups is 1. The van der Waals surface area contributed by atoms with Crippen LogP contribution in [0.5, 0.6) is 5.75 Å². The summed E-state index contributed by atoms with van der Waals surface area (Å²) in [6.07, 6.45) is 1.47. The first-order valence-corrected chi connectivity index (χ1v) is 7.43. The fourth-order valence-electron chi connectivity index (χ4n) is 1.81. The summed E-state index contributed by atoms with van der Waals surface area (Å²) in [6.45, 7) is 0.714. The molecule has 23 heavy (non-hydrogen) atoms. The Morgan fingerprint density at radius 2 is 2.09 bits per heavy atom. The van der Waals surface area contributed by atoms with Gasteiger partial charge < -0.3 is 15.4 Å². The molecule has 0 saturated carbocycles. The molecule has 1 heterocycles. The van der Waals surface area contributed by atoms with Crippen LogP contribution < -0.4 is 15.4 Å². The Labute approximate surface area is 142 Å². The summed E-state index contributed by atoms with van der Waals surface area (Å²) in [5, 5.41) is 6.46. The third-order valence-corrected chi connectivity index (χ3v) is 3.42. The molecule has 0 aliphatic heterocycles. The van der Waals surface area contributed by atoms with Gasteiger partial charge in [0.25, 0.3) is 5.91 Å². The standard InChI is InChI=1S/C15H14Cl2FN3O2/c1-23-13-3-2-9(6-12(13)18)15(22)20-5-4-19-14-11(17)7-10(16)8-21-14/h2-3,6-8H,4-5H2,1H3,(H,19,21)(H,20,22). The molecule has 0 spiro atoms. The minimum absolute atomic E-state index is 0.0895. The Kier molecular flexibility index (Phi) is 6.01. The van der Waals surface area contributed by atoms with E-state index in [4.69, 9.17) is 27.9 Å². The molecule has 1 aromatic carbocycles. The monoisotopic (exact) mass is 357 g/mol. The van der Waals surface area contributed by atoms with Crippen LogP contribution in [0.2, 0.25) is 10.0 Å². The molecule has 0 unspecified atom stereocenters. The van der Waals surface area contributed by atoms with E-state index in [0.717, 1.165) is 6.07 Å². The number of carbonyl (C=O) groups excluding carboxylic acids is 1. The number of hydrogen-bond acceptors (Lipinski definition) is 4. The molecule has 0 aliphatic carbocycles. The van der Waals surface area contributed by atoms with Crippen molar-refractivity contribution < 1.29 is 13.9 Å². The van der Waals surface area contributed by atoms with Crippen molar-refractivity contribution >= 4 is 34.9 Å².